The highest BCUT2D eigenvalue weighted by atomic mass is 19.4. The number of hydrogen-bond acceptors (Lipinski definition) is 6. The molecule has 0 aliphatic carbocycles. The van der Waals surface area contributed by atoms with Crippen LogP contribution in [0.3, 0.4) is 0 Å². The van der Waals surface area contributed by atoms with Gasteiger partial charge in [0.1, 0.15) is 11.6 Å². The van der Waals surface area contributed by atoms with Crippen LogP contribution in [0.1, 0.15) is 41.7 Å². The number of aromatic nitrogens is 2. The van der Waals surface area contributed by atoms with E-state index in [-0.39, 0.29) is 37.2 Å². The predicted molar refractivity (Wildman–Crippen MR) is 172 cm³/mol. The molecular formula is C35H33F11N4O4. The van der Waals surface area contributed by atoms with E-state index in [2.05, 4.69) is 30.1 Å². The molecule has 0 aliphatic rings. The molecule has 0 saturated heterocycles. The summed E-state index contributed by atoms with van der Waals surface area (Å²) in [4.78, 5) is 31.0. The quantitative estimate of drug-likeness (QED) is 0.141. The van der Waals surface area contributed by atoms with Gasteiger partial charge in [0.2, 0.25) is 23.6 Å². The van der Waals surface area contributed by atoms with Crippen LogP contribution in [0, 0.1) is 11.6 Å². The summed E-state index contributed by atoms with van der Waals surface area (Å²) in [7, 11) is 0. The van der Waals surface area contributed by atoms with Gasteiger partial charge in [-0.2, -0.15) is 39.5 Å². The van der Waals surface area contributed by atoms with Gasteiger partial charge in [-0.1, -0.05) is 32.0 Å². The molecule has 0 aliphatic heterocycles. The van der Waals surface area contributed by atoms with Crippen LogP contribution in [-0.2, 0) is 41.7 Å². The molecule has 19 heteroatoms. The van der Waals surface area contributed by atoms with Crippen LogP contribution in [0.4, 0.5) is 48.3 Å². The number of benzene rings is 2. The van der Waals surface area contributed by atoms with Crippen molar-refractivity contribution in [3.8, 4) is 11.8 Å². The molecule has 2 N–H and O–H groups in total. The average molecular weight is 783 g/mol. The molecule has 294 valence electrons. The van der Waals surface area contributed by atoms with Crippen LogP contribution in [0.2, 0.25) is 0 Å². The molecule has 0 fully saturated rings. The van der Waals surface area contributed by atoms with E-state index in [1.54, 1.807) is 6.07 Å². The third-order valence-electron chi connectivity index (χ3n) is 6.32. The summed E-state index contributed by atoms with van der Waals surface area (Å²) in [6, 6.07) is 12.8. The van der Waals surface area contributed by atoms with Gasteiger partial charge >= 0.3 is 18.5 Å². The lowest BCUT2D eigenvalue weighted by Crippen LogP contribution is -2.26. The van der Waals surface area contributed by atoms with Crippen molar-refractivity contribution in [1.29, 1.82) is 0 Å². The van der Waals surface area contributed by atoms with Crippen LogP contribution < -0.4 is 20.1 Å². The average Bonchev–Trinajstić information content (AvgIpc) is 3.09. The number of carbonyl (C=O) groups is 2. The number of nitrogens with zero attached hydrogens (tertiary/aromatic N) is 2. The molecule has 2 aromatic heterocycles. The maximum absolute atomic E-state index is 13.2. The number of hydrogen-bond donors (Lipinski definition) is 2. The molecule has 0 atom stereocenters. The van der Waals surface area contributed by atoms with Crippen LogP contribution in [0.5, 0.6) is 11.8 Å². The van der Waals surface area contributed by atoms with E-state index >= 15 is 0 Å². The number of alkyl halides is 9. The number of carbonyl (C=O) groups excluding carboxylic acids is 2. The highest BCUT2D eigenvalue weighted by Gasteiger charge is 2.34. The lowest BCUT2D eigenvalue weighted by Gasteiger charge is -2.13. The van der Waals surface area contributed by atoms with E-state index in [9.17, 15) is 57.9 Å². The van der Waals surface area contributed by atoms with Gasteiger partial charge in [0.15, 0.2) is 13.2 Å². The third-order valence-corrected chi connectivity index (χ3v) is 6.32. The minimum absolute atomic E-state index is 0.0258. The fourth-order valence-electron chi connectivity index (χ4n) is 4.07. The van der Waals surface area contributed by atoms with Crippen LogP contribution in [0.25, 0.3) is 0 Å². The largest absolute Gasteiger partial charge is 0.468 e. The maximum atomic E-state index is 13.2. The monoisotopic (exact) mass is 782 g/mol. The first-order chi connectivity index (χ1) is 25.3. The molecule has 0 saturated carbocycles. The fraction of sp³-hybridized carbons (Fsp3) is 0.314. The van der Waals surface area contributed by atoms with Crippen molar-refractivity contribution in [3.05, 3.63) is 119 Å². The Labute approximate surface area is 301 Å². The molecule has 2 heterocycles. The van der Waals surface area contributed by atoms with E-state index in [4.69, 9.17) is 0 Å². The van der Waals surface area contributed by atoms with Crippen LogP contribution in [0.15, 0.2) is 79.1 Å². The van der Waals surface area contributed by atoms with Crippen molar-refractivity contribution in [2.24, 2.45) is 0 Å². The van der Waals surface area contributed by atoms with Gasteiger partial charge < -0.3 is 20.1 Å². The zero-order valence-corrected chi connectivity index (χ0v) is 28.4. The summed E-state index contributed by atoms with van der Waals surface area (Å²) in [5, 5.41) is 4.93. The number of ether oxygens (including phenoxy) is 2. The highest BCUT2D eigenvalue weighted by Crippen LogP contribution is 2.32. The minimum Gasteiger partial charge on any atom is -0.468 e. The molecule has 4 rings (SSSR count). The zero-order chi connectivity index (χ0) is 40.5. The Morgan fingerprint density at radius 1 is 0.630 bits per heavy atom. The first kappa shape index (κ1) is 44.7. The topological polar surface area (TPSA) is 102 Å². The minimum atomic E-state index is -4.75. The molecule has 0 bridgehead atoms. The van der Waals surface area contributed by atoms with Gasteiger partial charge in [-0.25, -0.2) is 18.7 Å². The Kier molecular flexibility index (Phi) is 17.1. The Balaban J connectivity index is 0.000000361. The highest BCUT2D eigenvalue weighted by molar-refractivity contribution is 5.79. The maximum Gasteiger partial charge on any atom is 0.422 e. The summed E-state index contributed by atoms with van der Waals surface area (Å²) < 4.78 is 146. The Morgan fingerprint density at radius 3 is 1.80 bits per heavy atom. The fourth-order valence-corrected chi connectivity index (χ4v) is 4.07. The predicted octanol–water partition coefficient (Wildman–Crippen LogP) is 8.09. The van der Waals surface area contributed by atoms with E-state index in [0.717, 1.165) is 12.3 Å². The molecule has 2 amide bonds. The number of amides is 2. The summed E-state index contributed by atoms with van der Waals surface area (Å²) >= 11 is 0. The lowest BCUT2D eigenvalue weighted by atomic mass is 10.0. The summed E-state index contributed by atoms with van der Waals surface area (Å²) in [6.45, 7) is 1.00. The van der Waals surface area contributed by atoms with Crippen molar-refractivity contribution in [3.63, 3.8) is 0 Å². The Bertz CT molecular complexity index is 1780. The summed E-state index contributed by atoms with van der Waals surface area (Å²) in [5.41, 5.74) is -0.205. The van der Waals surface area contributed by atoms with Crippen molar-refractivity contribution >= 4 is 11.8 Å². The van der Waals surface area contributed by atoms with Gasteiger partial charge in [-0.3, -0.25) is 9.59 Å². The molecule has 0 radical (unpaired) electrons. The van der Waals surface area contributed by atoms with E-state index in [1.165, 1.54) is 42.6 Å². The van der Waals surface area contributed by atoms with Crippen molar-refractivity contribution < 1.29 is 67.4 Å². The smallest absolute Gasteiger partial charge is 0.422 e. The third kappa shape index (κ3) is 17.8. The van der Waals surface area contributed by atoms with Gasteiger partial charge in [0.25, 0.3) is 0 Å². The number of halogens is 11. The summed E-state index contributed by atoms with van der Waals surface area (Å²) in [5.74, 6) is -2.95. The normalized spacial score (nSPS) is 11.3. The van der Waals surface area contributed by atoms with Gasteiger partial charge in [0, 0.05) is 37.6 Å². The lowest BCUT2D eigenvalue weighted by molar-refractivity contribution is -0.154. The zero-order valence-electron chi connectivity index (χ0n) is 28.4. The SMILES string of the molecule is CC.O=C(Cc1cc(F)ccc1C(F)(F)F)NCc1ccnc(OCC(F)(F)F)c1.O=C(Cc1cccc(F)c1)NCc1ccc(OCC(F)(F)F)nc1. The van der Waals surface area contributed by atoms with Crippen molar-refractivity contribution in [2.45, 2.75) is 58.3 Å². The van der Waals surface area contributed by atoms with E-state index in [1.807, 2.05) is 13.8 Å². The molecule has 4 aromatic rings. The van der Waals surface area contributed by atoms with E-state index < -0.39 is 66.8 Å². The van der Waals surface area contributed by atoms with Gasteiger partial charge in [-0.15, -0.1) is 0 Å². The molecular weight excluding hydrogens is 749 g/mol. The molecule has 0 unspecified atom stereocenters. The first-order valence-electron chi connectivity index (χ1n) is 15.7. The number of pyridine rings is 2. The van der Waals surface area contributed by atoms with Crippen molar-refractivity contribution in [2.75, 3.05) is 13.2 Å². The second-order valence-corrected chi connectivity index (χ2v) is 10.7. The Morgan fingerprint density at radius 2 is 1.22 bits per heavy atom. The van der Waals surface area contributed by atoms with Crippen LogP contribution in [-0.4, -0.2) is 47.3 Å². The second-order valence-electron chi connectivity index (χ2n) is 10.7. The molecule has 8 nitrogen and oxygen atoms in total. The van der Waals surface area contributed by atoms with E-state index in [0.29, 0.717) is 34.9 Å². The number of nitrogens with one attached hydrogen (secondary N) is 2. The molecule has 54 heavy (non-hydrogen) atoms. The second kappa shape index (κ2) is 20.7. The number of rotatable bonds is 12. The Hall–Kier alpha value is -5.49. The molecule has 0 spiro atoms. The molecule has 2 aromatic carbocycles. The van der Waals surface area contributed by atoms with Gasteiger partial charge in [0.05, 0.1) is 18.4 Å². The van der Waals surface area contributed by atoms with Crippen molar-refractivity contribution in [1.82, 2.24) is 20.6 Å². The van der Waals surface area contributed by atoms with Crippen LogP contribution >= 0.6 is 0 Å². The standard InChI is InChI=1S/C17H13F7N2O2.C16H14F4N2O2.C2H6/c18-12-1-2-13(17(22,23)24)11(6-12)7-14(27)26-8-10-3-4-25-15(5-10)28-9-16(19,20)21;17-13-3-1-2-11(6-13)7-14(23)21-8-12-4-5-15(22-9-12)24-10-16(18,19)20;1-2/h1-6H,7-9H2,(H,26,27);1-6,9H,7-8,10H2,(H,21,23);1-2H3. The first-order valence-corrected chi connectivity index (χ1v) is 15.7. The van der Waals surface area contributed by atoms with Gasteiger partial charge in [-0.05, 0) is 58.7 Å². The summed E-state index contributed by atoms with van der Waals surface area (Å²) in [6.07, 6.45) is -12.0.